The molecule has 0 rings (SSSR count). The summed E-state index contributed by atoms with van der Waals surface area (Å²) in [4.78, 5) is 0. The van der Waals surface area contributed by atoms with Crippen molar-refractivity contribution in [1.82, 2.24) is 0 Å². The van der Waals surface area contributed by atoms with E-state index in [-0.39, 0.29) is 0 Å². The van der Waals surface area contributed by atoms with Gasteiger partial charge < -0.3 is 0 Å². The quantitative estimate of drug-likeness (QED) is 0.384. The Kier molecular flexibility index (Phi) is 12.2. The molecule has 108 valence electrons. The predicted octanol–water partition coefficient (Wildman–Crippen LogP) is 6.25. The van der Waals surface area contributed by atoms with Crippen molar-refractivity contribution < 1.29 is 4.57 Å². The topological polar surface area (TPSA) is 17.1 Å². The van der Waals surface area contributed by atoms with Crippen LogP contribution in [0.15, 0.2) is 0 Å². The highest BCUT2D eigenvalue weighted by Crippen LogP contribution is 2.33. The van der Waals surface area contributed by atoms with Gasteiger partial charge in [-0.15, -0.1) is 0 Å². The van der Waals surface area contributed by atoms with Gasteiger partial charge in [-0.3, -0.25) is 0 Å². The molecule has 0 saturated heterocycles. The van der Waals surface area contributed by atoms with E-state index in [2.05, 4.69) is 27.7 Å². The molecule has 2 atom stereocenters. The molecule has 0 heterocycles. The molecule has 0 amide bonds. The van der Waals surface area contributed by atoms with Gasteiger partial charge in [-0.1, -0.05) is 57.9 Å². The highest BCUT2D eigenvalue weighted by Gasteiger charge is 2.25. The number of rotatable bonds is 12. The van der Waals surface area contributed by atoms with Gasteiger partial charge in [0.25, 0.3) is 0 Å². The van der Waals surface area contributed by atoms with Gasteiger partial charge in [-0.2, -0.15) is 0 Å². The van der Waals surface area contributed by atoms with E-state index >= 15 is 0 Å². The summed E-state index contributed by atoms with van der Waals surface area (Å²) in [6.07, 6.45) is 12.0. The van der Waals surface area contributed by atoms with Crippen molar-refractivity contribution >= 4 is 7.80 Å². The van der Waals surface area contributed by atoms with Crippen molar-refractivity contribution in [2.45, 2.75) is 79.1 Å². The van der Waals surface area contributed by atoms with Gasteiger partial charge in [0.1, 0.15) is 12.3 Å². The van der Waals surface area contributed by atoms with Crippen LogP contribution in [0.25, 0.3) is 0 Å². The van der Waals surface area contributed by atoms with Crippen molar-refractivity contribution in [2.75, 3.05) is 12.3 Å². The monoisotopic (exact) mass is 273 g/mol. The lowest BCUT2D eigenvalue weighted by Gasteiger charge is -2.11. The Morgan fingerprint density at radius 2 is 1.17 bits per heavy atom. The molecule has 0 spiro atoms. The van der Waals surface area contributed by atoms with Crippen LogP contribution in [0, 0.1) is 11.8 Å². The third-order valence-electron chi connectivity index (χ3n) is 4.01. The van der Waals surface area contributed by atoms with E-state index in [0.29, 0.717) is 11.8 Å². The molecule has 0 aliphatic rings. The number of hydrogen-bond donors (Lipinski definition) is 0. The van der Waals surface area contributed by atoms with Gasteiger partial charge in [0.15, 0.2) is 0 Å². The predicted molar refractivity (Wildman–Crippen MR) is 84.0 cm³/mol. The van der Waals surface area contributed by atoms with Crippen LogP contribution in [0.2, 0.25) is 0 Å². The summed E-state index contributed by atoms with van der Waals surface area (Å²) in [6.45, 7) is 8.98. The van der Waals surface area contributed by atoms with Crippen molar-refractivity contribution in [3.63, 3.8) is 0 Å². The maximum absolute atomic E-state index is 12.3. The maximum atomic E-state index is 12.3. The van der Waals surface area contributed by atoms with Crippen LogP contribution in [0.4, 0.5) is 0 Å². The van der Waals surface area contributed by atoms with Crippen LogP contribution in [-0.2, 0) is 4.57 Å². The van der Waals surface area contributed by atoms with E-state index < -0.39 is 7.80 Å². The molecule has 1 nitrogen and oxygen atoms in total. The molecule has 2 heteroatoms. The Labute approximate surface area is 116 Å². The Morgan fingerprint density at radius 1 is 0.778 bits per heavy atom. The summed E-state index contributed by atoms with van der Waals surface area (Å²) in [5, 5.41) is 0. The molecule has 0 aliphatic carbocycles. The third kappa shape index (κ3) is 9.09. The molecular formula is C16H34OP+. The molecule has 0 aromatic rings. The second-order valence-electron chi connectivity index (χ2n) is 5.68. The molecule has 0 aromatic heterocycles. The summed E-state index contributed by atoms with van der Waals surface area (Å²) in [5.41, 5.74) is 0. The van der Waals surface area contributed by atoms with Crippen molar-refractivity contribution in [3.05, 3.63) is 0 Å². The fourth-order valence-electron chi connectivity index (χ4n) is 2.49. The second kappa shape index (κ2) is 12.2. The second-order valence-corrected chi connectivity index (χ2v) is 7.37. The van der Waals surface area contributed by atoms with Gasteiger partial charge in [0.2, 0.25) is 0 Å². The van der Waals surface area contributed by atoms with Crippen LogP contribution in [0.5, 0.6) is 0 Å². The summed E-state index contributed by atoms with van der Waals surface area (Å²) >= 11 is 0. The lowest BCUT2D eigenvalue weighted by atomic mass is 10.0. The largest absolute Gasteiger partial charge is 0.339 e. The summed E-state index contributed by atoms with van der Waals surface area (Å²) in [5.74, 6) is 1.41. The van der Waals surface area contributed by atoms with E-state index in [0.717, 1.165) is 12.3 Å². The van der Waals surface area contributed by atoms with E-state index in [1.54, 1.807) is 0 Å². The van der Waals surface area contributed by atoms with Crippen molar-refractivity contribution in [2.24, 2.45) is 11.8 Å². The van der Waals surface area contributed by atoms with Crippen LogP contribution < -0.4 is 0 Å². The molecule has 0 fully saturated rings. The van der Waals surface area contributed by atoms with Crippen LogP contribution in [0.3, 0.4) is 0 Å². The molecular weight excluding hydrogens is 239 g/mol. The minimum absolute atomic E-state index is 0.706. The van der Waals surface area contributed by atoms with Gasteiger partial charge in [0, 0.05) is 11.8 Å². The molecule has 0 aromatic carbocycles. The highest BCUT2D eigenvalue weighted by molar-refractivity contribution is 7.44. The molecule has 0 N–H and O–H groups in total. The van der Waals surface area contributed by atoms with Gasteiger partial charge >= 0.3 is 7.80 Å². The molecule has 18 heavy (non-hydrogen) atoms. The zero-order valence-electron chi connectivity index (χ0n) is 13.1. The Balaban J connectivity index is 3.96. The lowest BCUT2D eigenvalue weighted by molar-refractivity contribution is 0.470. The molecule has 0 bridgehead atoms. The van der Waals surface area contributed by atoms with Crippen molar-refractivity contribution in [3.8, 4) is 0 Å². The van der Waals surface area contributed by atoms with Gasteiger partial charge in [0.05, 0.1) is 0 Å². The minimum atomic E-state index is -0.954. The smallest absolute Gasteiger partial charge is 0.0748 e. The average Bonchev–Trinajstić information content (AvgIpc) is 2.39. The van der Waals surface area contributed by atoms with Crippen LogP contribution >= 0.6 is 7.80 Å². The van der Waals surface area contributed by atoms with E-state index in [1.807, 2.05) is 0 Å². The molecule has 0 unspecified atom stereocenters. The Bertz CT molecular complexity index is 183. The average molecular weight is 273 g/mol. The van der Waals surface area contributed by atoms with Crippen LogP contribution in [-0.4, -0.2) is 12.3 Å². The first-order valence-electron chi connectivity index (χ1n) is 8.09. The lowest BCUT2D eigenvalue weighted by Crippen LogP contribution is -2.07. The maximum Gasteiger partial charge on any atom is 0.339 e. The van der Waals surface area contributed by atoms with Gasteiger partial charge in [-0.05, 0) is 25.7 Å². The SMILES string of the molecule is CCCC[C@@H](CC)C[P+](=O)C[C@H](CC)CCCC. The highest BCUT2D eigenvalue weighted by atomic mass is 31.1. The number of unbranched alkanes of at least 4 members (excludes halogenated alkanes) is 2. The first-order valence-corrected chi connectivity index (χ1v) is 9.72. The van der Waals surface area contributed by atoms with Crippen LogP contribution in [0.1, 0.15) is 79.1 Å². The Hall–Kier alpha value is 0.100. The van der Waals surface area contributed by atoms with E-state index in [4.69, 9.17) is 0 Å². The van der Waals surface area contributed by atoms with Crippen molar-refractivity contribution in [1.29, 1.82) is 0 Å². The zero-order chi connectivity index (χ0) is 13.8. The first-order chi connectivity index (χ1) is 8.67. The minimum Gasteiger partial charge on any atom is -0.0748 e. The first kappa shape index (κ1) is 18.1. The summed E-state index contributed by atoms with van der Waals surface area (Å²) in [6, 6.07) is 0. The molecule has 0 radical (unpaired) electrons. The fourth-order valence-corrected chi connectivity index (χ4v) is 4.67. The zero-order valence-corrected chi connectivity index (χ0v) is 14.0. The van der Waals surface area contributed by atoms with E-state index in [1.165, 1.54) is 51.4 Å². The summed E-state index contributed by atoms with van der Waals surface area (Å²) < 4.78 is 12.3. The molecule has 0 aliphatic heterocycles. The fraction of sp³-hybridized carbons (Fsp3) is 1.00. The molecule has 0 saturated carbocycles. The number of hydrogen-bond acceptors (Lipinski definition) is 1. The third-order valence-corrected chi connectivity index (χ3v) is 5.86. The van der Waals surface area contributed by atoms with Gasteiger partial charge in [-0.25, -0.2) is 0 Å². The Morgan fingerprint density at radius 3 is 1.44 bits per heavy atom. The van der Waals surface area contributed by atoms with E-state index in [9.17, 15) is 4.57 Å². The normalized spacial score (nSPS) is 14.4. The summed E-state index contributed by atoms with van der Waals surface area (Å²) in [7, 11) is -0.954. The standard InChI is InChI=1S/C16H34OP/c1-5-9-11-15(7-3)13-18(17)14-16(8-4)12-10-6-2/h15-16H,5-14H2,1-4H3/q+1/t15-,16-/m1/s1.